The molecule has 0 saturated carbocycles. The Bertz CT molecular complexity index is 1050. The van der Waals surface area contributed by atoms with E-state index < -0.39 is 24.5 Å². The molecule has 1 aromatic heterocycles. The summed E-state index contributed by atoms with van der Waals surface area (Å²) < 4.78 is 25.2. The minimum Gasteiger partial charge on any atom is -0.461 e. The second kappa shape index (κ2) is 10.2. The Balaban J connectivity index is 1.35. The van der Waals surface area contributed by atoms with Gasteiger partial charge in [0.2, 0.25) is 16.0 Å². The number of alkyl halides is 1. The van der Waals surface area contributed by atoms with Crippen LogP contribution in [0.15, 0.2) is 24.3 Å². The highest BCUT2D eigenvalue weighted by atomic mass is 32.1. The van der Waals surface area contributed by atoms with Gasteiger partial charge in [0.25, 0.3) is 0 Å². The molecule has 1 N–H and O–H groups in total. The summed E-state index contributed by atoms with van der Waals surface area (Å²) in [7, 11) is 0. The van der Waals surface area contributed by atoms with Crippen LogP contribution >= 0.6 is 11.3 Å². The van der Waals surface area contributed by atoms with Crippen LogP contribution in [0.3, 0.4) is 0 Å². The molecular formula is C21H25FN6O5S. The lowest BCUT2D eigenvalue weighted by atomic mass is 10.2. The van der Waals surface area contributed by atoms with E-state index in [4.69, 9.17) is 9.47 Å². The molecule has 2 aromatic rings. The van der Waals surface area contributed by atoms with E-state index in [1.54, 1.807) is 19.1 Å². The maximum Gasteiger partial charge on any atom is 0.414 e. The lowest BCUT2D eigenvalue weighted by Gasteiger charge is -2.38. The van der Waals surface area contributed by atoms with E-state index in [-0.39, 0.29) is 30.6 Å². The Morgan fingerprint density at radius 3 is 2.62 bits per heavy atom. The fourth-order valence-corrected chi connectivity index (χ4v) is 4.54. The van der Waals surface area contributed by atoms with Crippen LogP contribution in [0, 0.1) is 0 Å². The van der Waals surface area contributed by atoms with Gasteiger partial charge in [-0.1, -0.05) is 11.3 Å². The molecule has 3 heterocycles. The van der Waals surface area contributed by atoms with Gasteiger partial charge in [0.15, 0.2) is 6.30 Å². The zero-order valence-electron chi connectivity index (χ0n) is 18.8. The van der Waals surface area contributed by atoms with Gasteiger partial charge in [0.05, 0.1) is 26.2 Å². The molecule has 182 valence electrons. The van der Waals surface area contributed by atoms with Gasteiger partial charge in [-0.05, 0) is 31.2 Å². The number of ether oxygens (including phenoxy) is 2. The van der Waals surface area contributed by atoms with Crippen LogP contribution in [0.1, 0.15) is 23.6 Å². The standard InChI is InChI=1S/C21H25FN6O5S/c1-3-32-19(30)18-24-25-20(34-18)27-9-8-26(12-17(27)22)14-4-6-15(7-5-14)28-11-16(33-21(28)31)10-23-13(2)29/h4-7,16-17H,3,8-12H2,1-2H3,(H,23,29). The summed E-state index contributed by atoms with van der Waals surface area (Å²) in [6.07, 6.45) is -2.22. The molecule has 2 unspecified atom stereocenters. The van der Waals surface area contributed by atoms with Crippen LogP contribution in [-0.4, -0.2) is 79.9 Å². The van der Waals surface area contributed by atoms with Crippen LogP contribution in [0.2, 0.25) is 0 Å². The van der Waals surface area contributed by atoms with Crippen molar-refractivity contribution < 1.29 is 28.2 Å². The third-order valence-corrected chi connectivity index (χ3v) is 6.35. The molecule has 1 aromatic carbocycles. The Morgan fingerprint density at radius 2 is 1.94 bits per heavy atom. The fourth-order valence-electron chi connectivity index (χ4n) is 3.74. The van der Waals surface area contributed by atoms with E-state index >= 15 is 0 Å². The van der Waals surface area contributed by atoms with E-state index in [1.807, 2.05) is 17.0 Å². The summed E-state index contributed by atoms with van der Waals surface area (Å²) in [4.78, 5) is 40.0. The molecule has 2 saturated heterocycles. The van der Waals surface area contributed by atoms with Gasteiger partial charge >= 0.3 is 12.1 Å². The summed E-state index contributed by atoms with van der Waals surface area (Å²) in [6, 6.07) is 7.23. The Kier molecular flexibility index (Phi) is 7.10. The first-order valence-corrected chi connectivity index (χ1v) is 11.7. The monoisotopic (exact) mass is 492 g/mol. The van der Waals surface area contributed by atoms with Crippen molar-refractivity contribution in [3.8, 4) is 0 Å². The summed E-state index contributed by atoms with van der Waals surface area (Å²) in [5, 5.41) is 10.8. The Labute approximate surface area is 199 Å². The SMILES string of the molecule is CCOC(=O)c1nnc(N2CCN(c3ccc(N4CC(CNC(C)=O)OC4=O)cc3)CC2F)s1. The number of hydrogen-bond acceptors (Lipinski definition) is 10. The van der Waals surface area contributed by atoms with Crippen molar-refractivity contribution in [2.45, 2.75) is 26.2 Å². The molecule has 2 aliphatic rings. The second-order valence-corrected chi connectivity index (χ2v) is 8.71. The normalized spacial score (nSPS) is 20.3. The van der Waals surface area contributed by atoms with Gasteiger partial charge in [-0.25, -0.2) is 14.0 Å². The number of piperazine rings is 1. The lowest BCUT2D eigenvalue weighted by Crippen LogP contribution is -2.51. The van der Waals surface area contributed by atoms with Crippen molar-refractivity contribution in [1.29, 1.82) is 0 Å². The number of aromatic nitrogens is 2. The number of rotatable bonds is 7. The number of esters is 1. The summed E-state index contributed by atoms with van der Waals surface area (Å²) in [6.45, 7) is 4.94. The largest absolute Gasteiger partial charge is 0.461 e. The number of benzene rings is 1. The zero-order valence-corrected chi connectivity index (χ0v) is 19.6. The maximum atomic E-state index is 15.0. The van der Waals surface area contributed by atoms with Crippen molar-refractivity contribution in [2.75, 3.05) is 54.0 Å². The van der Waals surface area contributed by atoms with E-state index in [1.165, 1.54) is 16.7 Å². The number of nitrogens with one attached hydrogen (secondary N) is 1. The number of halogens is 1. The highest BCUT2D eigenvalue weighted by Gasteiger charge is 2.33. The number of anilines is 3. The number of nitrogens with zero attached hydrogens (tertiary/aromatic N) is 5. The molecule has 0 aliphatic carbocycles. The molecule has 2 aliphatic heterocycles. The molecule has 2 fully saturated rings. The van der Waals surface area contributed by atoms with Gasteiger partial charge in [-0.15, -0.1) is 10.2 Å². The van der Waals surface area contributed by atoms with Crippen LogP contribution in [0.5, 0.6) is 0 Å². The number of carbonyl (C=O) groups is 3. The molecule has 34 heavy (non-hydrogen) atoms. The van der Waals surface area contributed by atoms with Crippen molar-refractivity contribution in [1.82, 2.24) is 15.5 Å². The molecule has 4 rings (SSSR count). The number of hydrogen-bond donors (Lipinski definition) is 1. The third kappa shape index (κ3) is 5.19. The third-order valence-electron chi connectivity index (χ3n) is 5.41. The molecular weight excluding hydrogens is 467 g/mol. The fraction of sp³-hybridized carbons (Fsp3) is 0.476. The van der Waals surface area contributed by atoms with E-state index in [0.717, 1.165) is 17.0 Å². The Morgan fingerprint density at radius 1 is 1.21 bits per heavy atom. The highest BCUT2D eigenvalue weighted by Crippen LogP contribution is 2.29. The van der Waals surface area contributed by atoms with Crippen molar-refractivity contribution in [3.05, 3.63) is 29.3 Å². The summed E-state index contributed by atoms with van der Waals surface area (Å²) in [5.74, 6) is -0.751. The molecule has 2 atom stereocenters. The first-order valence-electron chi connectivity index (χ1n) is 10.8. The van der Waals surface area contributed by atoms with Crippen LogP contribution in [-0.2, 0) is 14.3 Å². The molecule has 2 amide bonds. The van der Waals surface area contributed by atoms with Crippen LogP contribution < -0.4 is 20.0 Å². The average Bonchev–Trinajstić information content (AvgIpc) is 3.45. The molecule has 0 spiro atoms. The molecule has 13 heteroatoms. The average molecular weight is 493 g/mol. The predicted octanol–water partition coefficient (Wildman–Crippen LogP) is 1.80. The highest BCUT2D eigenvalue weighted by molar-refractivity contribution is 7.17. The summed E-state index contributed by atoms with van der Waals surface area (Å²) in [5.41, 5.74) is 1.48. The van der Waals surface area contributed by atoms with Crippen molar-refractivity contribution in [2.24, 2.45) is 0 Å². The predicted molar refractivity (Wildman–Crippen MR) is 123 cm³/mol. The molecule has 0 radical (unpaired) electrons. The van der Waals surface area contributed by atoms with E-state index in [0.29, 0.717) is 30.5 Å². The number of carbonyl (C=O) groups excluding carboxylic acids is 3. The van der Waals surface area contributed by atoms with Gasteiger partial charge in [-0.2, -0.15) is 0 Å². The molecule has 11 nitrogen and oxygen atoms in total. The quantitative estimate of drug-likeness (QED) is 0.456. The van der Waals surface area contributed by atoms with Gasteiger partial charge in [0.1, 0.15) is 6.10 Å². The smallest absolute Gasteiger partial charge is 0.414 e. The molecule has 0 bridgehead atoms. The summed E-state index contributed by atoms with van der Waals surface area (Å²) >= 11 is 1.01. The topological polar surface area (TPSA) is 117 Å². The van der Waals surface area contributed by atoms with Gasteiger partial charge < -0.3 is 24.6 Å². The first kappa shape index (κ1) is 23.7. The lowest BCUT2D eigenvalue weighted by molar-refractivity contribution is -0.119. The van der Waals surface area contributed by atoms with E-state index in [2.05, 4.69) is 15.5 Å². The zero-order chi connectivity index (χ0) is 24.2. The number of amides is 2. The van der Waals surface area contributed by atoms with Gasteiger partial charge in [-0.3, -0.25) is 9.69 Å². The van der Waals surface area contributed by atoms with Crippen LogP contribution in [0.4, 0.5) is 25.7 Å². The van der Waals surface area contributed by atoms with Crippen LogP contribution in [0.25, 0.3) is 0 Å². The van der Waals surface area contributed by atoms with Crippen molar-refractivity contribution >= 4 is 45.8 Å². The second-order valence-electron chi connectivity index (χ2n) is 7.75. The minimum atomic E-state index is -1.33. The maximum absolute atomic E-state index is 15.0. The van der Waals surface area contributed by atoms with Crippen molar-refractivity contribution in [3.63, 3.8) is 0 Å². The number of cyclic esters (lactones) is 1. The van der Waals surface area contributed by atoms with E-state index in [9.17, 15) is 18.8 Å². The Hall–Kier alpha value is -3.48. The first-order chi connectivity index (χ1) is 16.4. The van der Waals surface area contributed by atoms with Gasteiger partial charge in [0, 0.05) is 31.4 Å². The minimum absolute atomic E-state index is 0.0989.